The van der Waals surface area contributed by atoms with Crippen molar-refractivity contribution in [1.29, 1.82) is 0 Å². The Hall–Kier alpha value is -2.69. The minimum atomic E-state index is 0.148. The maximum Gasteiger partial charge on any atom is 0.227 e. The number of nitrogens with zero attached hydrogens (tertiary/aromatic N) is 5. The van der Waals surface area contributed by atoms with Crippen LogP contribution in [0.3, 0.4) is 0 Å². The van der Waals surface area contributed by atoms with Crippen LogP contribution in [-0.2, 0) is 18.9 Å². The lowest BCUT2D eigenvalue weighted by Gasteiger charge is -2.41. The van der Waals surface area contributed by atoms with E-state index in [1.807, 2.05) is 12.3 Å². The molecule has 1 fully saturated rings. The second kappa shape index (κ2) is 6.90. The molecule has 1 aliphatic heterocycles. The molecule has 0 radical (unpaired) electrons. The van der Waals surface area contributed by atoms with Gasteiger partial charge in [0.05, 0.1) is 0 Å². The molecule has 5 nitrogen and oxygen atoms in total. The highest BCUT2D eigenvalue weighted by atomic mass is 15.4. The van der Waals surface area contributed by atoms with Crippen molar-refractivity contribution in [3.63, 3.8) is 0 Å². The summed E-state index contributed by atoms with van der Waals surface area (Å²) in [6, 6.07) is 14.9. The van der Waals surface area contributed by atoms with Crippen LogP contribution < -0.4 is 4.90 Å². The van der Waals surface area contributed by atoms with Gasteiger partial charge in [0.15, 0.2) is 0 Å². The first-order valence-electron chi connectivity index (χ1n) is 9.23. The van der Waals surface area contributed by atoms with E-state index in [9.17, 15) is 0 Å². The Kier molecular flexibility index (Phi) is 4.45. The molecule has 0 bridgehead atoms. The number of hydrogen-bond donors (Lipinski definition) is 0. The van der Waals surface area contributed by atoms with Crippen molar-refractivity contribution >= 4 is 5.95 Å². The fourth-order valence-corrected chi connectivity index (χ4v) is 3.95. The maximum atomic E-state index is 4.51. The third kappa shape index (κ3) is 3.21. The first-order chi connectivity index (χ1) is 12.7. The highest BCUT2D eigenvalue weighted by molar-refractivity contribution is 5.37. The van der Waals surface area contributed by atoms with E-state index < -0.39 is 0 Å². The van der Waals surface area contributed by atoms with Crippen molar-refractivity contribution in [2.75, 3.05) is 18.0 Å². The minimum Gasteiger partial charge on any atom is -0.340 e. The second-order valence-corrected chi connectivity index (χ2v) is 7.47. The molecule has 2 aromatic heterocycles. The number of aromatic nitrogens is 4. The van der Waals surface area contributed by atoms with E-state index in [1.54, 1.807) is 6.20 Å². The third-order valence-corrected chi connectivity index (χ3v) is 5.48. The van der Waals surface area contributed by atoms with E-state index in [1.165, 1.54) is 12.0 Å². The smallest absolute Gasteiger partial charge is 0.227 e. The van der Waals surface area contributed by atoms with Gasteiger partial charge in [-0.15, -0.1) is 10.2 Å². The summed E-state index contributed by atoms with van der Waals surface area (Å²) in [6.07, 6.45) is 6.80. The number of hydrogen-bond acceptors (Lipinski definition) is 4. The van der Waals surface area contributed by atoms with Gasteiger partial charge in [0.2, 0.25) is 5.95 Å². The minimum absolute atomic E-state index is 0.148. The van der Waals surface area contributed by atoms with Crippen molar-refractivity contribution < 1.29 is 0 Å². The van der Waals surface area contributed by atoms with Gasteiger partial charge < -0.3 is 9.47 Å². The summed E-state index contributed by atoms with van der Waals surface area (Å²) in [5.41, 5.74) is 2.71. The molecule has 0 aliphatic carbocycles. The summed E-state index contributed by atoms with van der Waals surface area (Å²) in [5.74, 6) is 1.94. The van der Waals surface area contributed by atoms with Gasteiger partial charge in [-0.25, -0.2) is 0 Å². The summed E-state index contributed by atoms with van der Waals surface area (Å²) in [7, 11) is 2.06. The van der Waals surface area contributed by atoms with E-state index in [0.717, 1.165) is 43.3 Å². The lowest BCUT2D eigenvalue weighted by Crippen LogP contribution is -2.45. The quantitative estimate of drug-likeness (QED) is 0.726. The molecule has 1 unspecified atom stereocenters. The lowest BCUT2D eigenvalue weighted by atomic mass is 9.76. The van der Waals surface area contributed by atoms with Crippen molar-refractivity contribution in [3.8, 4) is 0 Å². The van der Waals surface area contributed by atoms with Crippen LogP contribution in [0.5, 0.6) is 0 Å². The van der Waals surface area contributed by atoms with E-state index in [2.05, 4.69) is 75.0 Å². The first-order valence-corrected chi connectivity index (χ1v) is 9.23. The van der Waals surface area contributed by atoms with Gasteiger partial charge >= 0.3 is 0 Å². The summed E-state index contributed by atoms with van der Waals surface area (Å²) >= 11 is 0. The van der Waals surface area contributed by atoms with Crippen molar-refractivity contribution in [2.24, 2.45) is 7.05 Å². The average Bonchev–Trinajstić information content (AvgIpc) is 3.04. The molecule has 26 heavy (non-hydrogen) atoms. The number of rotatable bonds is 4. The standard InChI is InChI=1S/C21H25N5/c1-21(18-9-4-3-5-10-18)11-7-13-26(16-21)20-24-23-19(25(20)2)14-17-8-6-12-22-15-17/h3-6,8-10,12,15H,7,11,13-14,16H2,1-2H3. The number of pyridine rings is 1. The van der Waals surface area contributed by atoms with E-state index in [4.69, 9.17) is 0 Å². The molecule has 134 valence electrons. The Bertz CT molecular complexity index is 859. The molecule has 3 aromatic rings. The predicted molar refractivity (Wildman–Crippen MR) is 103 cm³/mol. The normalized spacial score (nSPS) is 20.3. The molecular formula is C21H25N5. The fourth-order valence-electron chi connectivity index (χ4n) is 3.95. The van der Waals surface area contributed by atoms with Gasteiger partial charge in [-0.1, -0.05) is 43.3 Å². The molecule has 1 aliphatic rings. The third-order valence-electron chi connectivity index (χ3n) is 5.48. The van der Waals surface area contributed by atoms with Crippen molar-refractivity contribution in [1.82, 2.24) is 19.7 Å². The summed E-state index contributed by atoms with van der Waals surface area (Å²) < 4.78 is 2.13. The molecule has 0 amide bonds. The molecule has 4 rings (SSSR count). The van der Waals surface area contributed by atoms with Crippen LogP contribution >= 0.6 is 0 Å². The Labute approximate surface area is 154 Å². The number of anilines is 1. The van der Waals surface area contributed by atoms with E-state index in [-0.39, 0.29) is 5.41 Å². The van der Waals surface area contributed by atoms with Crippen LogP contribution in [0.15, 0.2) is 54.9 Å². The monoisotopic (exact) mass is 347 g/mol. The number of piperidine rings is 1. The van der Waals surface area contributed by atoms with Crippen molar-refractivity contribution in [2.45, 2.75) is 31.6 Å². The molecule has 1 aromatic carbocycles. The van der Waals surface area contributed by atoms with Gasteiger partial charge in [0, 0.05) is 44.4 Å². The zero-order valence-corrected chi connectivity index (χ0v) is 15.5. The Morgan fingerprint density at radius 1 is 1.08 bits per heavy atom. The summed E-state index contributed by atoms with van der Waals surface area (Å²) in [6.45, 7) is 4.36. The Balaban J connectivity index is 1.56. The zero-order chi connectivity index (χ0) is 18.0. The highest BCUT2D eigenvalue weighted by Gasteiger charge is 2.34. The van der Waals surface area contributed by atoms with E-state index >= 15 is 0 Å². The molecule has 0 spiro atoms. The second-order valence-electron chi connectivity index (χ2n) is 7.47. The molecule has 0 saturated carbocycles. The first kappa shape index (κ1) is 16.8. The van der Waals surface area contributed by atoms with Crippen LogP contribution in [0.4, 0.5) is 5.95 Å². The summed E-state index contributed by atoms with van der Waals surface area (Å²) in [4.78, 5) is 6.58. The topological polar surface area (TPSA) is 46.8 Å². The van der Waals surface area contributed by atoms with Gasteiger partial charge in [0.25, 0.3) is 0 Å². The van der Waals surface area contributed by atoms with Crippen LogP contribution in [0.1, 0.15) is 36.7 Å². The lowest BCUT2D eigenvalue weighted by molar-refractivity contribution is 0.368. The summed E-state index contributed by atoms with van der Waals surface area (Å²) in [5, 5.41) is 8.96. The molecule has 5 heteroatoms. The molecular weight excluding hydrogens is 322 g/mol. The van der Waals surface area contributed by atoms with Crippen molar-refractivity contribution in [3.05, 3.63) is 71.8 Å². The number of benzene rings is 1. The van der Waals surface area contributed by atoms with Gasteiger partial charge in [-0.05, 0) is 30.0 Å². The molecule has 0 N–H and O–H groups in total. The SMILES string of the molecule is Cn1c(Cc2cccnc2)nnc1N1CCCC(C)(c2ccccc2)C1. The van der Waals surface area contributed by atoms with E-state index in [0.29, 0.717) is 0 Å². The van der Waals surface area contributed by atoms with Gasteiger partial charge in [-0.3, -0.25) is 4.98 Å². The Morgan fingerprint density at radius 3 is 2.69 bits per heavy atom. The molecule has 1 saturated heterocycles. The highest BCUT2D eigenvalue weighted by Crippen LogP contribution is 2.35. The van der Waals surface area contributed by atoms with Crippen LogP contribution in [-0.4, -0.2) is 32.8 Å². The van der Waals surface area contributed by atoms with Crippen LogP contribution in [0.2, 0.25) is 0 Å². The maximum absolute atomic E-state index is 4.51. The molecule has 1 atom stereocenters. The van der Waals surface area contributed by atoms with Gasteiger partial charge in [0.1, 0.15) is 5.82 Å². The zero-order valence-electron chi connectivity index (χ0n) is 15.5. The van der Waals surface area contributed by atoms with Crippen LogP contribution in [0.25, 0.3) is 0 Å². The Morgan fingerprint density at radius 2 is 1.92 bits per heavy atom. The predicted octanol–water partition coefficient (Wildman–Crippen LogP) is 3.36. The van der Waals surface area contributed by atoms with Gasteiger partial charge in [-0.2, -0.15) is 0 Å². The average molecular weight is 347 g/mol. The van der Waals surface area contributed by atoms with Crippen LogP contribution in [0, 0.1) is 0 Å². The fraction of sp³-hybridized carbons (Fsp3) is 0.381. The largest absolute Gasteiger partial charge is 0.340 e. The molecule has 3 heterocycles.